The highest BCUT2D eigenvalue weighted by atomic mass is 16.8. The predicted molar refractivity (Wildman–Crippen MR) is 73.7 cm³/mol. The zero-order valence-electron chi connectivity index (χ0n) is 11.3. The lowest BCUT2D eigenvalue weighted by Gasteiger charge is -2.22. The number of carbonyl (C=O) groups excluding carboxylic acids is 1. The van der Waals surface area contributed by atoms with E-state index in [2.05, 4.69) is 4.98 Å². The minimum absolute atomic E-state index is 0.110. The molecule has 1 aromatic heterocycles. The van der Waals surface area contributed by atoms with E-state index in [0.29, 0.717) is 6.42 Å². The van der Waals surface area contributed by atoms with Crippen molar-refractivity contribution in [2.45, 2.75) is 25.5 Å². The second kappa shape index (κ2) is 5.19. The van der Waals surface area contributed by atoms with Gasteiger partial charge in [0.05, 0.1) is 12.4 Å². The van der Waals surface area contributed by atoms with Crippen molar-refractivity contribution in [3.8, 4) is 0 Å². The quantitative estimate of drug-likeness (QED) is 0.682. The maximum absolute atomic E-state index is 11.3. The van der Waals surface area contributed by atoms with Crippen LogP contribution in [0.15, 0.2) is 36.8 Å². The molecule has 2 aromatic rings. The lowest BCUT2D eigenvalue weighted by Crippen LogP contribution is -2.25. The van der Waals surface area contributed by atoms with Gasteiger partial charge in [0.15, 0.2) is 5.82 Å². The van der Waals surface area contributed by atoms with Crippen LogP contribution in [0.1, 0.15) is 24.1 Å². The van der Waals surface area contributed by atoms with Gasteiger partial charge in [-0.25, -0.2) is 4.98 Å². The molecule has 2 atom stereocenters. The summed E-state index contributed by atoms with van der Waals surface area (Å²) in [5, 5.41) is 19.5. The highest BCUT2D eigenvalue weighted by Crippen LogP contribution is 2.36. The molecule has 1 aliphatic rings. The number of nitrogens with zero attached hydrogens (tertiary/aromatic N) is 3. The van der Waals surface area contributed by atoms with Crippen LogP contribution in [0.3, 0.4) is 0 Å². The molecule has 2 unspecified atom stereocenters. The van der Waals surface area contributed by atoms with E-state index in [1.54, 1.807) is 4.57 Å². The number of esters is 1. The van der Waals surface area contributed by atoms with Crippen molar-refractivity contribution in [3.63, 3.8) is 0 Å². The van der Waals surface area contributed by atoms with Crippen molar-refractivity contribution < 1.29 is 14.7 Å². The molecule has 110 valence electrons. The van der Waals surface area contributed by atoms with Crippen molar-refractivity contribution in [2.75, 3.05) is 5.23 Å². The summed E-state index contributed by atoms with van der Waals surface area (Å²) in [5.74, 6) is -0.466. The number of hydrogen-bond donors (Lipinski definition) is 1. The van der Waals surface area contributed by atoms with Crippen LogP contribution in [0, 0.1) is 5.21 Å². The Kier molecular flexibility index (Phi) is 3.36. The highest BCUT2D eigenvalue weighted by Gasteiger charge is 2.35. The molecule has 7 nitrogen and oxygen atoms in total. The fraction of sp³-hybridized carbons (Fsp3) is 0.286. The van der Waals surface area contributed by atoms with Crippen LogP contribution in [-0.4, -0.2) is 26.8 Å². The maximum atomic E-state index is 11.3. The summed E-state index contributed by atoms with van der Waals surface area (Å²) in [6.07, 6.45) is 3.12. The summed E-state index contributed by atoms with van der Waals surface area (Å²) in [4.78, 5) is 15.1. The third kappa shape index (κ3) is 2.48. The van der Waals surface area contributed by atoms with Crippen molar-refractivity contribution in [2.24, 2.45) is 0 Å². The molecule has 0 radical (unpaired) electrons. The largest absolute Gasteiger partial charge is 0.732 e. The molecule has 0 spiro atoms. The molecule has 3 rings (SSSR count). The van der Waals surface area contributed by atoms with Gasteiger partial charge in [-0.3, -0.25) is 10.0 Å². The molecule has 1 aliphatic carbocycles. The van der Waals surface area contributed by atoms with Gasteiger partial charge in [-0.05, 0) is 11.1 Å². The molecule has 7 heteroatoms. The summed E-state index contributed by atoms with van der Waals surface area (Å²) in [7, 11) is 0. The fourth-order valence-electron chi connectivity index (χ4n) is 2.79. The zero-order chi connectivity index (χ0) is 15.0. The number of carbonyl (C=O) groups is 1. The molecular formula is C14H14N3O4-. The first-order valence-corrected chi connectivity index (χ1v) is 6.51. The Hall–Kier alpha value is -2.38. The van der Waals surface area contributed by atoms with E-state index in [-0.39, 0.29) is 29.2 Å². The summed E-state index contributed by atoms with van der Waals surface area (Å²) in [5.41, 5.74) is 2.11. The van der Waals surface area contributed by atoms with Gasteiger partial charge in [-0.1, -0.05) is 24.3 Å². The molecule has 1 heterocycles. The standard InChI is InChI=1S/C14H14N3O4/c1-9(18)21-12-6-10-4-2-3-5-11(10)14(12)16-7-13(15-8-16)17(19)20/h2-5,7-8,12,14,19H,6H2,1H3/q-1. The average Bonchev–Trinajstić information content (AvgIpc) is 3.01. The van der Waals surface area contributed by atoms with E-state index in [1.807, 2.05) is 24.3 Å². The zero-order valence-corrected chi connectivity index (χ0v) is 11.3. The fourth-order valence-corrected chi connectivity index (χ4v) is 2.79. The lowest BCUT2D eigenvalue weighted by atomic mass is 10.1. The molecule has 1 aromatic carbocycles. The van der Waals surface area contributed by atoms with Gasteiger partial charge >= 0.3 is 5.97 Å². The van der Waals surface area contributed by atoms with Crippen molar-refractivity contribution in [1.29, 1.82) is 0 Å². The number of fused-ring (bicyclic) bond motifs is 1. The summed E-state index contributed by atoms with van der Waals surface area (Å²) >= 11 is 0. The molecule has 1 N–H and O–H groups in total. The van der Waals surface area contributed by atoms with Crippen LogP contribution >= 0.6 is 0 Å². The van der Waals surface area contributed by atoms with E-state index in [0.717, 1.165) is 11.1 Å². The van der Waals surface area contributed by atoms with E-state index in [1.165, 1.54) is 19.4 Å². The van der Waals surface area contributed by atoms with Crippen LogP contribution in [-0.2, 0) is 16.0 Å². The summed E-state index contributed by atoms with van der Waals surface area (Å²) < 4.78 is 7.07. The van der Waals surface area contributed by atoms with Gasteiger partial charge in [-0.2, -0.15) is 0 Å². The summed E-state index contributed by atoms with van der Waals surface area (Å²) in [6.45, 7) is 1.37. The summed E-state index contributed by atoms with van der Waals surface area (Å²) in [6, 6.07) is 7.52. The van der Waals surface area contributed by atoms with Gasteiger partial charge in [0, 0.05) is 19.5 Å². The minimum Gasteiger partial charge on any atom is -0.732 e. The van der Waals surface area contributed by atoms with Crippen LogP contribution in [0.5, 0.6) is 0 Å². The third-order valence-electron chi connectivity index (χ3n) is 3.57. The minimum atomic E-state index is -0.360. The topological polar surface area (TPSA) is 90.7 Å². The van der Waals surface area contributed by atoms with E-state index >= 15 is 0 Å². The van der Waals surface area contributed by atoms with Crippen LogP contribution in [0.25, 0.3) is 0 Å². The molecule has 0 fully saturated rings. The Balaban J connectivity index is 1.99. The molecule has 0 aliphatic heterocycles. The Morgan fingerprint density at radius 3 is 2.95 bits per heavy atom. The second-order valence-corrected chi connectivity index (χ2v) is 4.95. The lowest BCUT2D eigenvalue weighted by molar-refractivity contribution is -0.147. The van der Waals surface area contributed by atoms with Crippen molar-refractivity contribution in [3.05, 3.63) is 53.1 Å². The van der Waals surface area contributed by atoms with Gasteiger partial charge in [0.1, 0.15) is 6.10 Å². The smallest absolute Gasteiger partial charge is 0.302 e. The van der Waals surface area contributed by atoms with Crippen LogP contribution in [0.4, 0.5) is 5.82 Å². The van der Waals surface area contributed by atoms with Crippen LogP contribution < -0.4 is 5.23 Å². The van der Waals surface area contributed by atoms with Gasteiger partial charge in [0.2, 0.25) is 0 Å². The predicted octanol–water partition coefficient (Wildman–Crippen LogP) is 1.65. The molecule has 0 saturated heterocycles. The van der Waals surface area contributed by atoms with Gasteiger partial charge in [0.25, 0.3) is 0 Å². The molecule has 0 bridgehead atoms. The molecule has 0 amide bonds. The van der Waals surface area contributed by atoms with Crippen LogP contribution in [0.2, 0.25) is 0 Å². The van der Waals surface area contributed by atoms with E-state index < -0.39 is 0 Å². The first-order valence-electron chi connectivity index (χ1n) is 6.51. The van der Waals surface area contributed by atoms with Crippen molar-refractivity contribution >= 4 is 11.8 Å². The first kappa shape index (κ1) is 13.6. The molecule has 0 saturated carbocycles. The van der Waals surface area contributed by atoms with Gasteiger partial charge < -0.3 is 19.7 Å². The number of ether oxygens (including phenoxy) is 1. The molecule has 21 heavy (non-hydrogen) atoms. The number of imidazole rings is 1. The highest BCUT2D eigenvalue weighted by molar-refractivity contribution is 5.66. The van der Waals surface area contributed by atoms with E-state index in [4.69, 9.17) is 9.94 Å². The Bertz CT molecular complexity index is 668. The van der Waals surface area contributed by atoms with Gasteiger partial charge in [-0.15, -0.1) is 0 Å². The number of benzene rings is 1. The Morgan fingerprint density at radius 2 is 2.29 bits per heavy atom. The Labute approximate surface area is 120 Å². The average molecular weight is 288 g/mol. The number of aromatic nitrogens is 2. The Morgan fingerprint density at radius 1 is 1.52 bits per heavy atom. The number of rotatable bonds is 3. The number of anilines is 1. The SMILES string of the molecule is CC(=O)OC1Cc2ccccc2C1n1cnc(N([O-])O)c1. The van der Waals surface area contributed by atoms with Crippen molar-refractivity contribution in [1.82, 2.24) is 9.55 Å². The monoisotopic (exact) mass is 288 g/mol. The van der Waals surface area contributed by atoms with E-state index in [9.17, 15) is 10.0 Å². The number of hydrogen-bond acceptors (Lipinski definition) is 6. The third-order valence-corrected chi connectivity index (χ3v) is 3.57. The second-order valence-electron chi connectivity index (χ2n) is 4.95. The molecular weight excluding hydrogens is 274 g/mol. The normalized spacial score (nSPS) is 20.1. The first-order chi connectivity index (χ1) is 10.1. The maximum Gasteiger partial charge on any atom is 0.302 e.